The molecule has 174 valence electrons. The van der Waals surface area contributed by atoms with Crippen LogP contribution in [0.15, 0.2) is 78.0 Å². The van der Waals surface area contributed by atoms with E-state index in [1.807, 2.05) is 65.2 Å². The van der Waals surface area contributed by atoms with Crippen molar-refractivity contribution in [1.29, 1.82) is 0 Å². The van der Waals surface area contributed by atoms with E-state index in [1.54, 1.807) is 17.1 Å². The number of para-hydroxylation sites is 3. The molecule has 1 saturated carbocycles. The van der Waals surface area contributed by atoms with E-state index in [0.717, 1.165) is 35.3 Å². The molecule has 8 nitrogen and oxygen atoms in total. The van der Waals surface area contributed by atoms with Crippen molar-refractivity contribution in [3.05, 3.63) is 94.9 Å². The number of hydrogen-bond donors (Lipinski definition) is 1. The number of hydrogen-bond acceptors (Lipinski definition) is 5. The Balaban J connectivity index is 1.11. The normalized spacial score (nSPS) is 13.4. The fraction of sp³-hybridized carbons (Fsp3) is 0.222. The molecule has 35 heavy (non-hydrogen) atoms. The number of benzene rings is 2. The second-order valence-electron chi connectivity index (χ2n) is 8.86. The summed E-state index contributed by atoms with van der Waals surface area (Å²) in [7, 11) is 0. The van der Waals surface area contributed by atoms with E-state index in [9.17, 15) is 9.59 Å². The molecule has 6 rings (SSSR count). The van der Waals surface area contributed by atoms with Gasteiger partial charge in [0, 0.05) is 31.6 Å². The number of nitrogens with zero attached hydrogens (tertiary/aromatic N) is 5. The third-order valence-corrected chi connectivity index (χ3v) is 6.37. The van der Waals surface area contributed by atoms with E-state index < -0.39 is 0 Å². The smallest absolute Gasteiger partial charge is 0.261 e. The second-order valence-corrected chi connectivity index (χ2v) is 8.86. The number of carbonyl (C=O) groups is 1. The molecule has 0 radical (unpaired) electrons. The minimum atomic E-state index is -0.0839. The molecule has 0 atom stereocenters. The predicted molar refractivity (Wildman–Crippen MR) is 133 cm³/mol. The molecule has 1 aliphatic carbocycles. The zero-order valence-corrected chi connectivity index (χ0v) is 19.1. The Morgan fingerprint density at radius 2 is 1.77 bits per heavy atom. The maximum atomic E-state index is 13.0. The monoisotopic (exact) mass is 464 g/mol. The summed E-state index contributed by atoms with van der Waals surface area (Å²) in [4.78, 5) is 39.2. The van der Waals surface area contributed by atoms with Crippen molar-refractivity contribution in [3.8, 4) is 5.82 Å². The molecule has 1 fully saturated rings. The van der Waals surface area contributed by atoms with Crippen LogP contribution >= 0.6 is 0 Å². The third kappa shape index (κ3) is 4.19. The lowest BCUT2D eigenvalue weighted by atomic mass is 10.2. The Morgan fingerprint density at radius 1 is 0.971 bits per heavy atom. The number of carbonyl (C=O) groups excluding carboxylic acids is 1. The van der Waals surface area contributed by atoms with Gasteiger partial charge in [-0.25, -0.2) is 15.0 Å². The van der Waals surface area contributed by atoms with Gasteiger partial charge in [0.05, 0.1) is 21.9 Å². The quantitative estimate of drug-likeness (QED) is 0.396. The van der Waals surface area contributed by atoms with Crippen molar-refractivity contribution in [2.24, 2.45) is 0 Å². The van der Waals surface area contributed by atoms with Crippen molar-refractivity contribution >= 4 is 27.8 Å². The Morgan fingerprint density at radius 3 is 2.57 bits per heavy atom. The molecule has 3 aromatic heterocycles. The molecule has 3 heterocycles. The summed E-state index contributed by atoms with van der Waals surface area (Å²) in [6.07, 6.45) is 6.18. The van der Waals surface area contributed by atoms with Crippen LogP contribution in [0.2, 0.25) is 0 Å². The summed E-state index contributed by atoms with van der Waals surface area (Å²) in [6, 6.07) is 19.4. The zero-order chi connectivity index (χ0) is 23.8. The van der Waals surface area contributed by atoms with Gasteiger partial charge >= 0.3 is 0 Å². The maximum Gasteiger partial charge on any atom is 0.261 e. The molecule has 0 aliphatic heterocycles. The average molecular weight is 465 g/mol. The molecular weight excluding hydrogens is 440 g/mol. The topological polar surface area (TPSA) is 94.7 Å². The van der Waals surface area contributed by atoms with Crippen molar-refractivity contribution in [2.45, 2.75) is 38.3 Å². The number of aromatic nitrogens is 5. The zero-order valence-electron chi connectivity index (χ0n) is 19.1. The largest absolute Gasteiger partial charge is 0.352 e. The molecule has 5 aromatic rings. The SMILES string of the molecule is O=C(CCc1nc2ccccc2c(=O)n1C1CC1)NCc1ccc(-n2cnc3ccccc32)nc1. The second kappa shape index (κ2) is 8.79. The van der Waals surface area contributed by atoms with E-state index >= 15 is 0 Å². The number of amides is 1. The summed E-state index contributed by atoms with van der Waals surface area (Å²) >= 11 is 0. The van der Waals surface area contributed by atoms with E-state index in [-0.39, 0.29) is 23.9 Å². The summed E-state index contributed by atoms with van der Waals surface area (Å²) < 4.78 is 3.73. The summed E-state index contributed by atoms with van der Waals surface area (Å²) in [5, 5.41) is 3.59. The van der Waals surface area contributed by atoms with Crippen LogP contribution in [0.5, 0.6) is 0 Å². The lowest BCUT2D eigenvalue weighted by Gasteiger charge is -2.13. The van der Waals surface area contributed by atoms with E-state index in [4.69, 9.17) is 4.98 Å². The molecule has 0 bridgehead atoms. The van der Waals surface area contributed by atoms with Crippen molar-refractivity contribution in [1.82, 2.24) is 29.4 Å². The van der Waals surface area contributed by atoms with Crippen LogP contribution in [0.1, 0.15) is 36.7 Å². The molecule has 1 N–H and O–H groups in total. The molecular formula is C27H24N6O2. The Bertz CT molecular complexity index is 1600. The average Bonchev–Trinajstić information content (AvgIpc) is 3.64. The predicted octanol–water partition coefficient (Wildman–Crippen LogP) is 3.71. The molecule has 0 saturated heterocycles. The van der Waals surface area contributed by atoms with Crippen LogP contribution in [-0.4, -0.2) is 30.0 Å². The molecule has 1 amide bonds. The third-order valence-electron chi connectivity index (χ3n) is 6.37. The fourth-order valence-corrected chi connectivity index (χ4v) is 4.40. The maximum absolute atomic E-state index is 13.0. The van der Waals surface area contributed by atoms with Gasteiger partial charge in [0.2, 0.25) is 5.91 Å². The highest BCUT2D eigenvalue weighted by atomic mass is 16.1. The van der Waals surface area contributed by atoms with Gasteiger partial charge in [0.15, 0.2) is 0 Å². The Kier molecular flexibility index (Phi) is 5.33. The Labute approximate surface area is 201 Å². The number of imidazole rings is 1. The highest BCUT2D eigenvalue weighted by Crippen LogP contribution is 2.34. The molecule has 0 spiro atoms. The first-order chi connectivity index (χ1) is 17.2. The van der Waals surface area contributed by atoms with E-state index in [1.165, 1.54) is 0 Å². The van der Waals surface area contributed by atoms with Gasteiger partial charge in [-0.1, -0.05) is 30.3 Å². The molecule has 0 unspecified atom stereocenters. The van der Waals surface area contributed by atoms with Crippen LogP contribution < -0.4 is 10.9 Å². The number of pyridine rings is 1. The minimum absolute atomic E-state index is 0.00894. The summed E-state index contributed by atoms with van der Waals surface area (Å²) in [6.45, 7) is 0.386. The van der Waals surface area contributed by atoms with Crippen LogP contribution in [0, 0.1) is 0 Å². The van der Waals surface area contributed by atoms with Gasteiger partial charge < -0.3 is 5.32 Å². The first kappa shape index (κ1) is 21.2. The highest BCUT2D eigenvalue weighted by Gasteiger charge is 2.28. The summed E-state index contributed by atoms with van der Waals surface area (Å²) in [5.74, 6) is 1.37. The standard InChI is InChI=1S/C27H24N6O2/c34-26(14-13-25-31-21-6-2-1-5-20(21)27(35)33(25)19-10-11-19)29-16-18-9-12-24(28-15-18)32-17-30-22-7-3-4-8-23(22)32/h1-9,12,15,17,19H,10-11,13-14,16H2,(H,29,34). The van der Waals surface area contributed by atoms with Gasteiger partial charge in [-0.3, -0.25) is 18.7 Å². The van der Waals surface area contributed by atoms with Gasteiger partial charge in [-0.15, -0.1) is 0 Å². The first-order valence-electron chi connectivity index (χ1n) is 11.8. The highest BCUT2D eigenvalue weighted by molar-refractivity contribution is 5.78. The number of aryl methyl sites for hydroxylation is 1. The van der Waals surface area contributed by atoms with E-state index in [2.05, 4.69) is 15.3 Å². The van der Waals surface area contributed by atoms with Crippen molar-refractivity contribution < 1.29 is 4.79 Å². The molecule has 2 aromatic carbocycles. The molecule has 1 aliphatic rings. The minimum Gasteiger partial charge on any atom is -0.352 e. The number of fused-ring (bicyclic) bond motifs is 2. The van der Waals surface area contributed by atoms with Crippen molar-refractivity contribution in [2.75, 3.05) is 0 Å². The van der Waals surface area contributed by atoms with Crippen LogP contribution in [0.4, 0.5) is 0 Å². The summed E-state index contributed by atoms with van der Waals surface area (Å²) in [5.41, 5.74) is 3.49. The van der Waals surface area contributed by atoms with Gasteiger partial charge in [-0.2, -0.15) is 0 Å². The van der Waals surface area contributed by atoms with Gasteiger partial charge in [-0.05, 0) is 48.7 Å². The number of rotatable bonds is 7. The van der Waals surface area contributed by atoms with Crippen molar-refractivity contribution in [3.63, 3.8) is 0 Å². The lowest BCUT2D eigenvalue weighted by molar-refractivity contribution is -0.121. The fourth-order valence-electron chi connectivity index (χ4n) is 4.40. The van der Waals surface area contributed by atoms with Crippen LogP contribution in [0.25, 0.3) is 27.8 Å². The first-order valence-corrected chi connectivity index (χ1v) is 11.8. The van der Waals surface area contributed by atoms with Crippen LogP contribution in [-0.2, 0) is 17.8 Å². The Hall–Kier alpha value is -4.33. The van der Waals surface area contributed by atoms with Crippen LogP contribution in [0.3, 0.4) is 0 Å². The number of nitrogens with one attached hydrogen (secondary N) is 1. The molecule has 8 heteroatoms. The lowest BCUT2D eigenvalue weighted by Crippen LogP contribution is -2.27. The van der Waals surface area contributed by atoms with Gasteiger partial charge in [0.25, 0.3) is 5.56 Å². The van der Waals surface area contributed by atoms with Gasteiger partial charge in [0.1, 0.15) is 18.0 Å². The van der Waals surface area contributed by atoms with E-state index in [0.29, 0.717) is 29.7 Å².